The molecule has 108 valence electrons. The van der Waals surface area contributed by atoms with E-state index in [2.05, 4.69) is 30.9 Å². The molecule has 2 atom stereocenters. The van der Waals surface area contributed by atoms with Gasteiger partial charge in [0.2, 0.25) is 0 Å². The third-order valence-corrected chi connectivity index (χ3v) is 4.03. The zero-order valence-corrected chi connectivity index (χ0v) is 12.2. The summed E-state index contributed by atoms with van der Waals surface area (Å²) in [6.45, 7) is 6.77. The Morgan fingerprint density at radius 1 is 1.30 bits per heavy atom. The summed E-state index contributed by atoms with van der Waals surface area (Å²) < 4.78 is 0. The lowest BCUT2D eigenvalue weighted by atomic mass is 9.94. The molecule has 0 saturated carbocycles. The first-order valence-corrected chi connectivity index (χ1v) is 7.28. The highest BCUT2D eigenvalue weighted by Crippen LogP contribution is 2.23. The predicted molar refractivity (Wildman–Crippen MR) is 81.4 cm³/mol. The van der Waals surface area contributed by atoms with Crippen molar-refractivity contribution in [2.24, 2.45) is 5.92 Å². The van der Waals surface area contributed by atoms with E-state index in [1.807, 2.05) is 12.1 Å². The SMILES string of the molecule is CC1CCC(C)N(Cc2ccc(C=CC(=O)O)cc2)C1. The molecule has 0 spiro atoms. The average Bonchev–Trinajstić information content (AvgIpc) is 2.42. The van der Waals surface area contributed by atoms with Gasteiger partial charge in [0, 0.05) is 25.2 Å². The van der Waals surface area contributed by atoms with Gasteiger partial charge in [-0.15, -0.1) is 0 Å². The lowest BCUT2D eigenvalue weighted by molar-refractivity contribution is -0.131. The second kappa shape index (κ2) is 6.71. The van der Waals surface area contributed by atoms with Crippen LogP contribution in [0.1, 0.15) is 37.8 Å². The van der Waals surface area contributed by atoms with Crippen LogP contribution in [0.25, 0.3) is 6.08 Å². The lowest BCUT2D eigenvalue weighted by Crippen LogP contribution is -2.40. The van der Waals surface area contributed by atoms with Gasteiger partial charge in [-0.25, -0.2) is 4.79 Å². The Labute approximate surface area is 120 Å². The number of hydrogen-bond acceptors (Lipinski definition) is 2. The number of carboxylic acids is 1. The van der Waals surface area contributed by atoms with Crippen molar-refractivity contribution in [3.05, 3.63) is 41.5 Å². The van der Waals surface area contributed by atoms with Gasteiger partial charge < -0.3 is 5.11 Å². The summed E-state index contributed by atoms with van der Waals surface area (Å²) in [7, 11) is 0. The van der Waals surface area contributed by atoms with E-state index in [-0.39, 0.29) is 0 Å². The number of aliphatic carboxylic acids is 1. The first kappa shape index (κ1) is 14.8. The molecule has 1 fully saturated rings. The second-order valence-electron chi connectivity index (χ2n) is 5.87. The number of benzene rings is 1. The first-order chi connectivity index (χ1) is 9.54. The summed E-state index contributed by atoms with van der Waals surface area (Å²) in [6, 6.07) is 8.79. The third kappa shape index (κ3) is 4.20. The normalized spacial score (nSPS) is 24.1. The van der Waals surface area contributed by atoms with E-state index >= 15 is 0 Å². The number of carbonyl (C=O) groups is 1. The molecule has 3 heteroatoms. The molecular formula is C17H23NO2. The third-order valence-electron chi connectivity index (χ3n) is 4.03. The van der Waals surface area contributed by atoms with Gasteiger partial charge in [-0.3, -0.25) is 4.90 Å². The highest BCUT2D eigenvalue weighted by Gasteiger charge is 2.22. The fraction of sp³-hybridized carbons (Fsp3) is 0.471. The van der Waals surface area contributed by atoms with Crippen LogP contribution in [-0.2, 0) is 11.3 Å². The molecule has 1 aromatic rings. The minimum atomic E-state index is -0.912. The van der Waals surface area contributed by atoms with Crippen molar-refractivity contribution in [1.29, 1.82) is 0 Å². The van der Waals surface area contributed by atoms with Gasteiger partial charge in [0.25, 0.3) is 0 Å². The van der Waals surface area contributed by atoms with Crippen molar-refractivity contribution in [2.75, 3.05) is 6.54 Å². The molecule has 20 heavy (non-hydrogen) atoms. The highest BCUT2D eigenvalue weighted by molar-refractivity contribution is 5.85. The maximum Gasteiger partial charge on any atom is 0.328 e. The summed E-state index contributed by atoms with van der Waals surface area (Å²) in [5.41, 5.74) is 2.22. The lowest BCUT2D eigenvalue weighted by Gasteiger charge is -2.36. The number of rotatable bonds is 4. The smallest absolute Gasteiger partial charge is 0.328 e. The van der Waals surface area contributed by atoms with Crippen LogP contribution >= 0.6 is 0 Å². The Morgan fingerprint density at radius 3 is 2.65 bits per heavy atom. The number of hydrogen-bond donors (Lipinski definition) is 1. The van der Waals surface area contributed by atoms with Crippen LogP contribution in [0.5, 0.6) is 0 Å². The highest BCUT2D eigenvalue weighted by atomic mass is 16.4. The summed E-state index contributed by atoms with van der Waals surface area (Å²) >= 11 is 0. The fourth-order valence-electron chi connectivity index (χ4n) is 2.74. The standard InChI is InChI=1S/C17H23NO2/c1-13-3-4-14(2)18(11-13)12-16-7-5-15(6-8-16)9-10-17(19)20/h5-10,13-14H,3-4,11-12H2,1-2H3,(H,19,20). The number of nitrogens with zero attached hydrogens (tertiary/aromatic N) is 1. The van der Waals surface area contributed by atoms with Gasteiger partial charge in [0.05, 0.1) is 0 Å². The number of carboxylic acid groups (broad SMARTS) is 1. The Bertz CT molecular complexity index is 478. The van der Waals surface area contributed by atoms with Crippen LogP contribution < -0.4 is 0 Å². The molecule has 0 bridgehead atoms. The fourth-order valence-corrected chi connectivity index (χ4v) is 2.74. The van der Waals surface area contributed by atoms with Gasteiger partial charge in [0.1, 0.15) is 0 Å². The summed E-state index contributed by atoms with van der Waals surface area (Å²) in [6.07, 6.45) is 5.40. The topological polar surface area (TPSA) is 40.5 Å². The molecule has 0 radical (unpaired) electrons. The van der Waals surface area contributed by atoms with Crippen molar-refractivity contribution in [3.63, 3.8) is 0 Å². The average molecular weight is 273 g/mol. The van der Waals surface area contributed by atoms with Crippen LogP contribution in [0, 0.1) is 5.92 Å². The van der Waals surface area contributed by atoms with Crippen molar-refractivity contribution in [2.45, 2.75) is 39.3 Å². The molecule has 0 aromatic heterocycles. The molecule has 0 amide bonds. The molecule has 1 aromatic carbocycles. The van der Waals surface area contributed by atoms with Gasteiger partial charge in [-0.05, 0) is 42.9 Å². The zero-order valence-electron chi connectivity index (χ0n) is 12.2. The number of piperidine rings is 1. The number of likely N-dealkylation sites (tertiary alicyclic amines) is 1. The van der Waals surface area contributed by atoms with Crippen molar-refractivity contribution < 1.29 is 9.90 Å². The quantitative estimate of drug-likeness (QED) is 0.855. The molecule has 1 aliphatic heterocycles. The Hall–Kier alpha value is -1.61. The van der Waals surface area contributed by atoms with Crippen molar-refractivity contribution >= 4 is 12.0 Å². The first-order valence-electron chi connectivity index (χ1n) is 7.28. The molecule has 2 unspecified atom stereocenters. The van der Waals surface area contributed by atoms with E-state index < -0.39 is 5.97 Å². The van der Waals surface area contributed by atoms with Gasteiger partial charge >= 0.3 is 5.97 Å². The van der Waals surface area contributed by atoms with E-state index in [0.29, 0.717) is 6.04 Å². The minimum absolute atomic E-state index is 0.651. The van der Waals surface area contributed by atoms with Crippen LogP contribution in [-0.4, -0.2) is 28.6 Å². The zero-order chi connectivity index (χ0) is 14.5. The predicted octanol–water partition coefficient (Wildman–Crippen LogP) is 3.40. The van der Waals surface area contributed by atoms with Crippen LogP contribution in [0.4, 0.5) is 0 Å². The summed E-state index contributed by atoms with van der Waals surface area (Å²) in [4.78, 5) is 13.0. The van der Waals surface area contributed by atoms with Crippen molar-refractivity contribution in [1.82, 2.24) is 4.90 Å². The van der Waals surface area contributed by atoms with Gasteiger partial charge in [-0.2, -0.15) is 0 Å². The summed E-state index contributed by atoms with van der Waals surface area (Å²) in [5, 5.41) is 8.61. The van der Waals surface area contributed by atoms with Crippen LogP contribution in [0.15, 0.2) is 30.3 Å². The molecule has 3 nitrogen and oxygen atoms in total. The monoisotopic (exact) mass is 273 g/mol. The van der Waals surface area contributed by atoms with Crippen LogP contribution in [0.3, 0.4) is 0 Å². The van der Waals surface area contributed by atoms with E-state index in [1.54, 1.807) is 6.08 Å². The summed E-state index contributed by atoms with van der Waals surface area (Å²) in [5.74, 6) is -0.130. The van der Waals surface area contributed by atoms with Gasteiger partial charge in [-0.1, -0.05) is 31.2 Å². The molecular weight excluding hydrogens is 250 g/mol. The van der Waals surface area contributed by atoms with Crippen LogP contribution in [0.2, 0.25) is 0 Å². The molecule has 1 saturated heterocycles. The Balaban J connectivity index is 1.98. The second-order valence-corrected chi connectivity index (χ2v) is 5.87. The maximum atomic E-state index is 10.5. The Morgan fingerprint density at radius 2 is 2.00 bits per heavy atom. The van der Waals surface area contributed by atoms with Crippen molar-refractivity contribution in [3.8, 4) is 0 Å². The maximum absolute atomic E-state index is 10.5. The molecule has 1 N–H and O–H groups in total. The molecule has 0 aliphatic carbocycles. The van der Waals surface area contributed by atoms with E-state index in [9.17, 15) is 4.79 Å². The van der Waals surface area contributed by atoms with E-state index in [4.69, 9.17) is 5.11 Å². The molecule has 2 rings (SSSR count). The molecule has 1 aliphatic rings. The minimum Gasteiger partial charge on any atom is -0.478 e. The van der Waals surface area contributed by atoms with E-state index in [0.717, 1.165) is 18.0 Å². The molecule has 1 heterocycles. The van der Waals surface area contributed by atoms with E-state index in [1.165, 1.54) is 31.0 Å². The Kier molecular flexibility index (Phi) is 4.96. The largest absolute Gasteiger partial charge is 0.478 e. The van der Waals surface area contributed by atoms with Gasteiger partial charge in [0.15, 0.2) is 0 Å².